The summed E-state index contributed by atoms with van der Waals surface area (Å²) >= 11 is 4.98. The maximum Gasteiger partial charge on any atom is 0.137 e. The van der Waals surface area contributed by atoms with Crippen molar-refractivity contribution in [2.24, 2.45) is 0 Å². The number of fused-ring (bicyclic) bond motifs is 1. The van der Waals surface area contributed by atoms with Crippen molar-refractivity contribution in [3.8, 4) is 11.3 Å². The van der Waals surface area contributed by atoms with E-state index >= 15 is 0 Å². The van der Waals surface area contributed by atoms with Crippen LogP contribution in [0.3, 0.4) is 0 Å². The number of benzene rings is 1. The molecule has 0 atom stereocenters. The fourth-order valence-corrected chi connectivity index (χ4v) is 1.85. The van der Waals surface area contributed by atoms with E-state index in [0.717, 1.165) is 10.9 Å². The summed E-state index contributed by atoms with van der Waals surface area (Å²) in [4.78, 5) is 0. The molecule has 0 bridgehead atoms. The first-order valence-electron chi connectivity index (χ1n) is 4.96. The summed E-state index contributed by atoms with van der Waals surface area (Å²) in [5.41, 5.74) is 1.41. The van der Waals surface area contributed by atoms with Crippen LogP contribution in [0.1, 0.15) is 0 Å². The second-order valence-electron chi connectivity index (χ2n) is 3.63. The summed E-state index contributed by atoms with van der Waals surface area (Å²) in [5.74, 6) is 0.339. The van der Waals surface area contributed by atoms with E-state index < -0.39 is 0 Å². The lowest BCUT2D eigenvalue weighted by Gasteiger charge is -1.93. The van der Waals surface area contributed by atoms with Gasteiger partial charge < -0.3 is 4.42 Å². The molecule has 0 saturated carbocycles. The highest BCUT2D eigenvalue weighted by Crippen LogP contribution is 2.27. The molecular weight excluding hydrogens is 239 g/mol. The quantitative estimate of drug-likeness (QED) is 0.666. The molecule has 0 aliphatic carbocycles. The van der Waals surface area contributed by atoms with Gasteiger partial charge in [-0.05, 0) is 30.3 Å². The summed E-state index contributed by atoms with van der Waals surface area (Å²) in [7, 11) is 0. The molecule has 0 amide bonds. The molecule has 0 saturated heterocycles. The molecule has 0 fully saturated rings. The van der Waals surface area contributed by atoms with Gasteiger partial charge in [0.05, 0.1) is 6.20 Å². The van der Waals surface area contributed by atoms with Gasteiger partial charge in [0.2, 0.25) is 0 Å². The minimum Gasteiger partial charge on any atom is -0.456 e. The molecule has 1 aromatic carbocycles. The zero-order valence-electron chi connectivity index (χ0n) is 8.61. The van der Waals surface area contributed by atoms with Crippen molar-refractivity contribution in [2.75, 3.05) is 0 Å². The molecule has 17 heavy (non-hydrogen) atoms. The molecule has 3 aromatic rings. The van der Waals surface area contributed by atoms with Gasteiger partial charge in [0.25, 0.3) is 0 Å². The molecule has 5 heteroatoms. The Morgan fingerprint density at radius 2 is 2.12 bits per heavy atom. The number of halogens is 1. The average Bonchev–Trinajstić information content (AvgIpc) is 2.72. The van der Waals surface area contributed by atoms with Crippen LogP contribution in [0, 0.1) is 10.5 Å². The first-order valence-corrected chi connectivity index (χ1v) is 5.37. The van der Waals surface area contributed by atoms with Crippen LogP contribution >= 0.6 is 12.2 Å². The van der Waals surface area contributed by atoms with E-state index in [1.807, 2.05) is 0 Å². The van der Waals surface area contributed by atoms with Crippen molar-refractivity contribution >= 4 is 23.2 Å². The number of hydrogen-bond donors (Lipinski definition) is 1. The van der Waals surface area contributed by atoms with Gasteiger partial charge in [-0.25, -0.2) is 4.39 Å². The Morgan fingerprint density at radius 3 is 2.94 bits per heavy atom. The van der Waals surface area contributed by atoms with Crippen LogP contribution in [0.25, 0.3) is 22.3 Å². The number of hydrogen-bond acceptors (Lipinski definition) is 3. The lowest BCUT2D eigenvalue weighted by molar-refractivity contribution is 0.618. The monoisotopic (exact) mass is 246 g/mol. The van der Waals surface area contributed by atoms with Crippen LogP contribution in [0.15, 0.2) is 40.9 Å². The highest BCUT2D eigenvalue weighted by molar-refractivity contribution is 7.71. The smallest absolute Gasteiger partial charge is 0.137 e. The number of nitrogens with one attached hydrogen (secondary N) is 1. The van der Waals surface area contributed by atoms with Crippen LogP contribution in [-0.2, 0) is 0 Å². The highest BCUT2D eigenvalue weighted by atomic mass is 32.1. The normalized spacial score (nSPS) is 10.9. The van der Waals surface area contributed by atoms with Gasteiger partial charge in [0.15, 0.2) is 0 Å². The van der Waals surface area contributed by atoms with E-state index in [1.165, 1.54) is 12.1 Å². The first-order chi connectivity index (χ1) is 8.22. The van der Waals surface area contributed by atoms with Gasteiger partial charge in [-0.15, -0.1) is 0 Å². The van der Waals surface area contributed by atoms with E-state index in [1.54, 1.807) is 24.4 Å². The van der Waals surface area contributed by atoms with E-state index in [2.05, 4.69) is 10.2 Å². The van der Waals surface area contributed by atoms with Crippen molar-refractivity contribution in [1.29, 1.82) is 0 Å². The Morgan fingerprint density at radius 1 is 1.24 bits per heavy atom. The SMILES string of the molecule is Fc1ccc2oc(-c3cn[nH]c(=S)c3)cc2c1. The Kier molecular flexibility index (Phi) is 2.26. The predicted molar refractivity (Wildman–Crippen MR) is 64.6 cm³/mol. The third-order valence-electron chi connectivity index (χ3n) is 2.43. The zero-order chi connectivity index (χ0) is 11.8. The molecule has 1 N–H and O–H groups in total. The topological polar surface area (TPSA) is 41.8 Å². The second-order valence-corrected chi connectivity index (χ2v) is 4.07. The molecule has 3 rings (SSSR count). The number of aromatic nitrogens is 2. The third-order valence-corrected chi connectivity index (χ3v) is 2.64. The fraction of sp³-hybridized carbons (Fsp3) is 0. The van der Waals surface area contributed by atoms with E-state index in [0.29, 0.717) is 16.0 Å². The first kappa shape index (κ1) is 10.2. The fourth-order valence-electron chi connectivity index (χ4n) is 1.67. The van der Waals surface area contributed by atoms with E-state index in [-0.39, 0.29) is 5.82 Å². The minimum atomic E-state index is -0.284. The van der Waals surface area contributed by atoms with Crippen LogP contribution in [0.5, 0.6) is 0 Å². The zero-order valence-corrected chi connectivity index (χ0v) is 9.42. The third kappa shape index (κ3) is 1.85. The lowest BCUT2D eigenvalue weighted by atomic mass is 10.2. The van der Waals surface area contributed by atoms with Gasteiger partial charge in [0.1, 0.15) is 21.8 Å². The number of H-pyrrole nitrogens is 1. The minimum absolute atomic E-state index is 0.284. The van der Waals surface area contributed by atoms with Gasteiger partial charge in [-0.3, -0.25) is 5.10 Å². The van der Waals surface area contributed by atoms with E-state index in [9.17, 15) is 4.39 Å². The van der Waals surface area contributed by atoms with E-state index in [4.69, 9.17) is 16.6 Å². The van der Waals surface area contributed by atoms with Gasteiger partial charge in [-0.1, -0.05) is 12.2 Å². The molecule has 2 aromatic heterocycles. The molecule has 0 aliphatic rings. The second kappa shape index (κ2) is 3.78. The number of furan rings is 1. The molecule has 3 nitrogen and oxygen atoms in total. The largest absolute Gasteiger partial charge is 0.456 e. The molecule has 0 radical (unpaired) electrons. The standard InChI is InChI=1S/C12H7FN2OS/c13-9-1-2-10-7(3-9)4-11(16-10)8-5-12(17)15-14-6-8/h1-6H,(H,15,17). The molecular formula is C12H7FN2OS. The highest BCUT2D eigenvalue weighted by Gasteiger charge is 2.07. The van der Waals surface area contributed by atoms with Crippen molar-refractivity contribution in [3.63, 3.8) is 0 Å². The Hall–Kier alpha value is -2.01. The number of rotatable bonds is 1. The summed E-state index contributed by atoms with van der Waals surface area (Å²) in [6.45, 7) is 0. The molecule has 84 valence electrons. The van der Waals surface area contributed by atoms with Gasteiger partial charge in [0, 0.05) is 10.9 Å². The predicted octanol–water partition coefficient (Wildman–Crippen LogP) is 3.69. The number of aromatic amines is 1. The number of nitrogens with zero attached hydrogens (tertiary/aromatic N) is 1. The molecule has 0 aliphatic heterocycles. The van der Waals surface area contributed by atoms with Crippen LogP contribution in [0.4, 0.5) is 4.39 Å². The summed E-state index contributed by atoms with van der Waals surface area (Å²) in [6.07, 6.45) is 1.61. The summed E-state index contributed by atoms with van der Waals surface area (Å²) in [5, 5.41) is 7.25. The van der Waals surface area contributed by atoms with Crippen LogP contribution in [0.2, 0.25) is 0 Å². The molecule has 0 spiro atoms. The maximum absolute atomic E-state index is 13.0. The lowest BCUT2D eigenvalue weighted by Crippen LogP contribution is -1.81. The Bertz CT molecular complexity index is 747. The molecule has 0 unspecified atom stereocenters. The van der Waals surface area contributed by atoms with Crippen molar-refractivity contribution in [1.82, 2.24) is 10.2 Å². The van der Waals surface area contributed by atoms with Crippen molar-refractivity contribution in [2.45, 2.75) is 0 Å². The Labute approximate surface area is 101 Å². The maximum atomic E-state index is 13.0. The van der Waals surface area contributed by atoms with Crippen LogP contribution < -0.4 is 0 Å². The summed E-state index contributed by atoms with van der Waals surface area (Å²) < 4.78 is 19.2. The van der Waals surface area contributed by atoms with Gasteiger partial charge >= 0.3 is 0 Å². The molecule has 2 heterocycles. The Balaban J connectivity index is 2.21. The van der Waals surface area contributed by atoms with Crippen LogP contribution in [-0.4, -0.2) is 10.2 Å². The average molecular weight is 246 g/mol. The summed E-state index contributed by atoms with van der Waals surface area (Å²) in [6, 6.07) is 7.91. The van der Waals surface area contributed by atoms with Gasteiger partial charge in [-0.2, -0.15) is 5.10 Å². The van der Waals surface area contributed by atoms with Crippen molar-refractivity contribution < 1.29 is 8.81 Å². The van der Waals surface area contributed by atoms with Crippen molar-refractivity contribution in [3.05, 3.63) is 47.0 Å².